The maximum atomic E-state index is 14.3. The molecule has 1 aromatic carbocycles. The Morgan fingerprint density at radius 2 is 2.25 bits per heavy atom. The second-order valence-corrected chi connectivity index (χ2v) is 5.54. The Bertz CT molecular complexity index is 698. The van der Waals surface area contributed by atoms with Crippen LogP contribution < -0.4 is 5.32 Å². The van der Waals surface area contributed by atoms with Gasteiger partial charge in [0.15, 0.2) is 0 Å². The number of hydrogen-bond donors (Lipinski definition) is 1. The monoisotopic (exact) mass is 352 g/mol. The minimum atomic E-state index is -1.02. The fourth-order valence-electron chi connectivity index (χ4n) is 2.61. The highest BCUT2D eigenvalue weighted by molar-refractivity contribution is 6.31. The van der Waals surface area contributed by atoms with Crippen LogP contribution in [0.4, 0.5) is 9.18 Å². The molecule has 1 aliphatic rings. The number of ether oxygens (including phenoxy) is 1. The van der Waals surface area contributed by atoms with E-state index >= 15 is 0 Å². The molecule has 7 heteroatoms. The van der Waals surface area contributed by atoms with E-state index in [9.17, 15) is 14.0 Å². The first kappa shape index (κ1) is 18.0. The number of esters is 1. The van der Waals surface area contributed by atoms with Gasteiger partial charge in [-0.1, -0.05) is 23.7 Å². The number of nitrogens with zero attached hydrogens (tertiary/aromatic N) is 1. The topological polar surface area (TPSA) is 58.6 Å². The van der Waals surface area contributed by atoms with Crippen LogP contribution in [0.2, 0.25) is 5.02 Å². The number of urea groups is 1. The number of halogens is 2. The molecule has 0 fully saturated rings. The molecule has 0 aromatic heterocycles. The number of allylic oxidation sites excluding steroid dienone is 1. The Balaban J connectivity index is 2.63. The number of hydrogen-bond acceptors (Lipinski definition) is 3. The lowest BCUT2D eigenvalue weighted by Gasteiger charge is -2.35. The normalized spacial score (nSPS) is 17.6. The largest absolute Gasteiger partial charge is 0.463 e. The molecule has 1 aliphatic heterocycles. The number of rotatable bonds is 5. The molecule has 0 aliphatic carbocycles. The molecule has 5 nitrogen and oxygen atoms in total. The lowest BCUT2D eigenvalue weighted by Crippen LogP contribution is -2.48. The molecular weight excluding hydrogens is 335 g/mol. The molecule has 128 valence electrons. The number of carbonyl (C=O) groups excluding carboxylic acids is 2. The molecule has 1 atom stereocenters. The van der Waals surface area contributed by atoms with E-state index in [2.05, 4.69) is 11.9 Å². The standard InChI is InChI=1S/C17H18ClFN2O3/c1-4-9-21-10(3)13(16(22)24-5-2)15(20-17(21)23)14-11(18)7-6-8-12(14)19/h4,6-8,15H,1,5,9H2,2-3H3,(H,20,23). The Morgan fingerprint density at radius 3 is 2.83 bits per heavy atom. The lowest BCUT2D eigenvalue weighted by atomic mass is 9.94. The smallest absolute Gasteiger partial charge is 0.338 e. The van der Waals surface area contributed by atoms with Crippen LogP contribution in [0.5, 0.6) is 0 Å². The van der Waals surface area contributed by atoms with Gasteiger partial charge in [-0.15, -0.1) is 6.58 Å². The van der Waals surface area contributed by atoms with E-state index in [1.54, 1.807) is 13.8 Å². The van der Waals surface area contributed by atoms with Gasteiger partial charge in [0.1, 0.15) is 5.82 Å². The summed E-state index contributed by atoms with van der Waals surface area (Å²) in [6.45, 7) is 7.23. The van der Waals surface area contributed by atoms with Crippen LogP contribution in [0.3, 0.4) is 0 Å². The van der Waals surface area contributed by atoms with Gasteiger partial charge in [0.05, 0.1) is 18.2 Å². The SMILES string of the molecule is C=CCN1C(=O)NC(c2c(F)cccc2Cl)C(C(=O)OCC)=C1C. The molecule has 1 unspecified atom stereocenters. The van der Waals surface area contributed by atoms with Crippen LogP contribution in [-0.4, -0.2) is 30.1 Å². The highest BCUT2D eigenvalue weighted by atomic mass is 35.5. The van der Waals surface area contributed by atoms with Crippen molar-refractivity contribution in [2.75, 3.05) is 13.2 Å². The van der Waals surface area contributed by atoms with Crippen LogP contribution >= 0.6 is 11.6 Å². The zero-order valence-electron chi connectivity index (χ0n) is 13.4. The Hall–Kier alpha value is -2.34. The zero-order valence-corrected chi connectivity index (χ0v) is 14.2. The van der Waals surface area contributed by atoms with Crippen molar-refractivity contribution in [3.63, 3.8) is 0 Å². The van der Waals surface area contributed by atoms with Crippen molar-refractivity contribution in [2.45, 2.75) is 19.9 Å². The molecule has 2 rings (SSSR count). The average Bonchev–Trinajstić information content (AvgIpc) is 2.51. The second-order valence-electron chi connectivity index (χ2n) is 5.14. The van der Waals surface area contributed by atoms with E-state index in [0.717, 1.165) is 0 Å². The Labute approximate surface area is 144 Å². The molecular formula is C17H18ClFN2O3. The van der Waals surface area contributed by atoms with Crippen molar-refractivity contribution in [3.05, 3.63) is 58.5 Å². The highest BCUT2D eigenvalue weighted by Gasteiger charge is 2.38. The van der Waals surface area contributed by atoms with E-state index in [0.29, 0.717) is 5.70 Å². The lowest BCUT2D eigenvalue weighted by molar-refractivity contribution is -0.139. The van der Waals surface area contributed by atoms with E-state index in [1.165, 1.54) is 29.2 Å². The van der Waals surface area contributed by atoms with Gasteiger partial charge in [-0.25, -0.2) is 14.0 Å². The number of carbonyl (C=O) groups is 2. The van der Waals surface area contributed by atoms with Crippen molar-refractivity contribution in [2.24, 2.45) is 0 Å². The number of benzene rings is 1. The second kappa shape index (κ2) is 7.49. The summed E-state index contributed by atoms with van der Waals surface area (Å²) in [7, 11) is 0. The summed E-state index contributed by atoms with van der Waals surface area (Å²) in [6.07, 6.45) is 1.53. The molecule has 1 heterocycles. The van der Waals surface area contributed by atoms with Crippen LogP contribution in [0, 0.1) is 5.82 Å². The van der Waals surface area contributed by atoms with Gasteiger partial charge < -0.3 is 10.1 Å². The molecule has 0 saturated carbocycles. The Kier molecular flexibility index (Phi) is 5.62. The van der Waals surface area contributed by atoms with Crippen molar-refractivity contribution in [1.82, 2.24) is 10.2 Å². The summed E-state index contributed by atoms with van der Waals surface area (Å²) in [5.74, 6) is -1.24. The van der Waals surface area contributed by atoms with Crippen molar-refractivity contribution < 1.29 is 18.7 Å². The van der Waals surface area contributed by atoms with Gasteiger partial charge in [0, 0.05) is 22.8 Å². The van der Waals surface area contributed by atoms with Crippen LogP contribution in [0.25, 0.3) is 0 Å². The van der Waals surface area contributed by atoms with Crippen molar-refractivity contribution in [1.29, 1.82) is 0 Å². The molecule has 0 saturated heterocycles. The quantitative estimate of drug-likeness (QED) is 0.651. The van der Waals surface area contributed by atoms with E-state index in [1.807, 2.05) is 0 Å². The third-order valence-electron chi connectivity index (χ3n) is 3.69. The van der Waals surface area contributed by atoms with Gasteiger partial charge in [-0.05, 0) is 26.0 Å². The highest BCUT2D eigenvalue weighted by Crippen LogP contribution is 2.36. The molecule has 24 heavy (non-hydrogen) atoms. The van der Waals surface area contributed by atoms with E-state index in [-0.39, 0.29) is 29.3 Å². The van der Waals surface area contributed by atoms with Gasteiger partial charge >= 0.3 is 12.0 Å². The molecule has 0 spiro atoms. The van der Waals surface area contributed by atoms with Crippen molar-refractivity contribution >= 4 is 23.6 Å². The summed E-state index contributed by atoms with van der Waals surface area (Å²) < 4.78 is 19.4. The summed E-state index contributed by atoms with van der Waals surface area (Å²) in [5.41, 5.74) is 0.555. The summed E-state index contributed by atoms with van der Waals surface area (Å²) in [4.78, 5) is 26.1. The fraction of sp³-hybridized carbons (Fsp3) is 0.294. The number of nitrogens with one attached hydrogen (secondary N) is 1. The predicted octanol–water partition coefficient (Wildman–Crippen LogP) is 3.57. The van der Waals surface area contributed by atoms with Crippen molar-refractivity contribution in [3.8, 4) is 0 Å². The predicted molar refractivity (Wildman–Crippen MR) is 88.9 cm³/mol. The third kappa shape index (κ3) is 3.28. The first-order valence-corrected chi connectivity index (χ1v) is 7.80. The molecule has 2 amide bonds. The molecule has 0 bridgehead atoms. The first-order chi connectivity index (χ1) is 11.4. The van der Waals surface area contributed by atoms with Gasteiger partial charge in [0.25, 0.3) is 0 Å². The Morgan fingerprint density at radius 1 is 1.54 bits per heavy atom. The molecule has 1 N–H and O–H groups in total. The van der Waals surface area contributed by atoms with E-state index < -0.39 is 23.9 Å². The van der Waals surface area contributed by atoms with E-state index in [4.69, 9.17) is 16.3 Å². The van der Waals surface area contributed by atoms with Crippen LogP contribution in [-0.2, 0) is 9.53 Å². The minimum absolute atomic E-state index is 0.0353. The third-order valence-corrected chi connectivity index (χ3v) is 4.02. The summed E-state index contributed by atoms with van der Waals surface area (Å²) >= 11 is 6.11. The maximum Gasteiger partial charge on any atom is 0.338 e. The number of amides is 2. The summed E-state index contributed by atoms with van der Waals surface area (Å²) in [5, 5.41) is 2.74. The molecule has 1 aromatic rings. The minimum Gasteiger partial charge on any atom is -0.463 e. The van der Waals surface area contributed by atoms with Crippen LogP contribution in [0.15, 0.2) is 42.1 Å². The van der Waals surface area contributed by atoms with Crippen LogP contribution in [0.1, 0.15) is 25.5 Å². The average molecular weight is 353 g/mol. The van der Waals surface area contributed by atoms with Gasteiger partial charge in [-0.3, -0.25) is 4.90 Å². The van der Waals surface area contributed by atoms with Gasteiger partial charge in [0.2, 0.25) is 0 Å². The summed E-state index contributed by atoms with van der Waals surface area (Å²) in [6, 6.07) is 2.69. The zero-order chi connectivity index (χ0) is 17.9. The molecule has 0 radical (unpaired) electrons. The first-order valence-electron chi connectivity index (χ1n) is 7.43. The fourth-order valence-corrected chi connectivity index (χ4v) is 2.88. The maximum absolute atomic E-state index is 14.3. The van der Waals surface area contributed by atoms with Gasteiger partial charge in [-0.2, -0.15) is 0 Å².